The Hall–Kier alpha value is -2.66. The Morgan fingerprint density at radius 2 is 1.92 bits per heavy atom. The Bertz CT molecular complexity index is 950. The fraction of sp³-hybridized carbons (Fsp3) is 0.190. The van der Waals surface area contributed by atoms with Crippen LogP contribution in [0.25, 0.3) is 0 Å². The molecule has 1 N–H and O–H groups in total. The largest absolute Gasteiger partial charge is 0.348 e. The van der Waals surface area contributed by atoms with E-state index in [1.807, 2.05) is 55.6 Å². The molecule has 0 spiro atoms. The number of halogens is 1. The van der Waals surface area contributed by atoms with Gasteiger partial charge in [0.2, 0.25) is 0 Å². The first-order valence-corrected chi connectivity index (χ1v) is 9.08. The molecule has 1 aliphatic heterocycles. The minimum absolute atomic E-state index is 0.212. The highest BCUT2D eigenvalue weighted by Crippen LogP contribution is 2.34. The second-order valence-electron chi connectivity index (χ2n) is 6.54. The van der Waals surface area contributed by atoms with Gasteiger partial charge in [-0.1, -0.05) is 30.3 Å². The van der Waals surface area contributed by atoms with Crippen LogP contribution in [0.3, 0.4) is 0 Å². The molecule has 132 valence electrons. The average Bonchev–Trinajstić information content (AvgIpc) is 3.10. The number of hydrogen-bond donors (Lipinski definition) is 1. The fourth-order valence-electron chi connectivity index (χ4n) is 3.54. The smallest absolute Gasteiger partial charge is 0.174 e. The Kier molecular flexibility index (Phi) is 4.47. The van der Waals surface area contributed by atoms with Crippen molar-refractivity contribution < 1.29 is 4.39 Å². The minimum atomic E-state index is -0.246. The van der Waals surface area contributed by atoms with Crippen LogP contribution in [-0.4, -0.2) is 21.1 Å². The fourth-order valence-corrected chi connectivity index (χ4v) is 3.86. The molecule has 3 nitrogen and oxygen atoms in total. The van der Waals surface area contributed by atoms with Gasteiger partial charge in [0.05, 0.1) is 6.04 Å². The highest BCUT2D eigenvalue weighted by atomic mass is 32.1. The molecule has 0 aliphatic carbocycles. The van der Waals surface area contributed by atoms with E-state index in [0.29, 0.717) is 10.7 Å². The first-order valence-electron chi connectivity index (χ1n) is 8.67. The average molecular weight is 365 g/mol. The molecule has 26 heavy (non-hydrogen) atoms. The van der Waals surface area contributed by atoms with Gasteiger partial charge in [0.25, 0.3) is 0 Å². The van der Waals surface area contributed by atoms with Crippen molar-refractivity contribution in [3.8, 4) is 0 Å². The highest BCUT2D eigenvalue weighted by Gasteiger charge is 2.32. The van der Waals surface area contributed by atoms with Crippen LogP contribution in [0.1, 0.15) is 22.9 Å². The molecule has 2 aromatic carbocycles. The molecule has 1 aromatic heterocycles. The van der Waals surface area contributed by atoms with Crippen molar-refractivity contribution in [2.75, 3.05) is 11.9 Å². The maximum atomic E-state index is 14.6. The van der Waals surface area contributed by atoms with Crippen molar-refractivity contribution in [3.05, 3.63) is 89.5 Å². The third-order valence-corrected chi connectivity index (χ3v) is 5.10. The molecular weight excluding hydrogens is 345 g/mol. The van der Waals surface area contributed by atoms with E-state index in [1.54, 1.807) is 6.07 Å². The minimum Gasteiger partial charge on any atom is -0.348 e. The second kappa shape index (κ2) is 6.92. The molecule has 0 fully saturated rings. The molecule has 0 saturated carbocycles. The summed E-state index contributed by atoms with van der Waals surface area (Å²) in [6, 6.07) is 18.8. The maximum Gasteiger partial charge on any atom is 0.174 e. The number of anilines is 1. The molecule has 0 saturated heterocycles. The summed E-state index contributed by atoms with van der Waals surface area (Å²) in [7, 11) is 0. The summed E-state index contributed by atoms with van der Waals surface area (Å²) < 4.78 is 16.8. The van der Waals surface area contributed by atoms with Crippen molar-refractivity contribution in [1.29, 1.82) is 0 Å². The number of nitrogens with zero attached hydrogens (tertiary/aromatic N) is 2. The topological polar surface area (TPSA) is 20.2 Å². The summed E-state index contributed by atoms with van der Waals surface area (Å²) in [5.74, 6) is -0.212. The van der Waals surface area contributed by atoms with E-state index in [-0.39, 0.29) is 11.9 Å². The molecule has 4 rings (SSSR count). The quantitative estimate of drug-likeness (QED) is 0.663. The summed E-state index contributed by atoms with van der Waals surface area (Å²) in [6.45, 7) is 3.59. The van der Waals surface area contributed by atoms with Gasteiger partial charge in [-0.25, -0.2) is 4.39 Å². The highest BCUT2D eigenvalue weighted by molar-refractivity contribution is 7.80. The molecule has 0 bridgehead atoms. The van der Waals surface area contributed by atoms with Crippen molar-refractivity contribution in [1.82, 2.24) is 9.47 Å². The van der Waals surface area contributed by atoms with E-state index < -0.39 is 0 Å². The SMILES string of the molecule is Cc1cccc(NC(=S)N2CCn3cccc3[C@@H]2c2ccccc2F)c1. The molecule has 1 aliphatic rings. The summed E-state index contributed by atoms with van der Waals surface area (Å²) in [5.41, 5.74) is 3.80. The van der Waals surface area contributed by atoms with Crippen molar-refractivity contribution >= 4 is 23.0 Å². The van der Waals surface area contributed by atoms with Crippen LogP contribution in [0, 0.1) is 12.7 Å². The molecular formula is C21H20FN3S. The van der Waals surface area contributed by atoms with Gasteiger partial charge >= 0.3 is 0 Å². The Morgan fingerprint density at radius 3 is 2.73 bits per heavy atom. The zero-order chi connectivity index (χ0) is 18.1. The zero-order valence-electron chi connectivity index (χ0n) is 14.5. The Morgan fingerprint density at radius 1 is 1.08 bits per heavy atom. The lowest BCUT2D eigenvalue weighted by molar-refractivity contribution is 0.288. The van der Waals surface area contributed by atoms with Gasteiger partial charge in [0, 0.05) is 36.2 Å². The zero-order valence-corrected chi connectivity index (χ0v) is 15.3. The van der Waals surface area contributed by atoms with Gasteiger partial charge in [-0.05, 0) is 55.0 Å². The molecule has 5 heteroatoms. The summed E-state index contributed by atoms with van der Waals surface area (Å²) >= 11 is 5.71. The summed E-state index contributed by atoms with van der Waals surface area (Å²) in [5, 5.41) is 3.93. The van der Waals surface area contributed by atoms with E-state index in [1.165, 1.54) is 6.07 Å². The van der Waals surface area contributed by atoms with Crippen LogP contribution in [0.15, 0.2) is 66.9 Å². The van der Waals surface area contributed by atoms with Gasteiger partial charge in [-0.3, -0.25) is 0 Å². The molecule has 0 radical (unpaired) electrons. The predicted octanol–water partition coefficient (Wildman–Crippen LogP) is 4.74. The lowest BCUT2D eigenvalue weighted by atomic mass is 10.00. The van der Waals surface area contributed by atoms with E-state index in [4.69, 9.17) is 12.2 Å². The molecule has 3 aromatic rings. The van der Waals surface area contributed by atoms with Crippen LogP contribution in [0.5, 0.6) is 0 Å². The van der Waals surface area contributed by atoms with Crippen LogP contribution in [-0.2, 0) is 6.54 Å². The van der Waals surface area contributed by atoms with Crippen LogP contribution in [0.2, 0.25) is 0 Å². The molecule has 0 unspecified atom stereocenters. The number of rotatable bonds is 2. The first kappa shape index (κ1) is 16.8. The van der Waals surface area contributed by atoms with Crippen LogP contribution < -0.4 is 5.32 Å². The van der Waals surface area contributed by atoms with Crippen LogP contribution >= 0.6 is 12.2 Å². The van der Waals surface area contributed by atoms with Gasteiger partial charge in [0.15, 0.2) is 5.11 Å². The van der Waals surface area contributed by atoms with Crippen molar-refractivity contribution in [2.24, 2.45) is 0 Å². The normalized spacial score (nSPS) is 16.2. The number of aryl methyl sites for hydroxylation is 1. The van der Waals surface area contributed by atoms with Gasteiger partial charge in [-0.15, -0.1) is 0 Å². The van der Waals surface area contributed by atoms with E-state index in [2.05, 4.69) is 20.9 Å². The van der Waals surface area contributed by atoms with E-state index in [9.17, 15) is 4.39 Å². The Labute approximate surface area is 158 Å². The summed E-state index contributed by atoms with van der Waals surface area (Å²) in [6.07, 6.45) is 2.04. The standard InChI is InChI=1S/C21H20FN3S/c1-15-6-4-7-16(14-15)23-21(26)25-13-12-24-11-5-10-19(24)20(25)17-8-2-3-9-18(17)22/h2-11,14,20H,12-13H2,1H3,(H,23,26)/t20-/m0/s1. The first-order chi connectivity index (χ1) is 12.6. The number of nitrogens with one attached hydrogen (secondary N) is 1. The third kappa shape index (κ3) is 3.10. The van der Waals surface area contributed by atoms with Gasteiger partial charge < -0.3 is 14.8 Å². The molecule has 1 atom stereocenters. The van der Waals surface area contributed by atoms with E-state index >= 15 is 0 Å². The molecule has 0 amide bonds. The third-order valence-electron chi connectivity index (χ3n) is 4.77. The number of fused-ring (bicyclic) bond motifs is 1. The molecule has 2 heterocycles. The lowest BCUT2D eigenvalue weighted by Crippen LogP contribution is -2.44. The lowest BCUT2D eigenvalue weighted by Gasteiger charge is -2.39. The summed E-state index contributed by atoms with van der Waals surface area (Å²) in [4.78, 5) is 2.07. The number of benzene rings is 2. The predicted molar refractivity (Wildman–Crippen MR) is 107 cm³/mol. The van der Waals surface area contributed by atoms with Gasteiger partial charge in [0.1, 0.15) is 5.82 Å². The van der Waals surface area contributed by atoms with Gasteiger partial charge in [-0.2, -0.15) is 0 Å². The number of aromatic nitrogens is 1. The van der Waals surface area contributed by atoms with Crippen molar-refractivity contribution in [2.45, 2.75) is 19.5 Å². The monoisotopic (exact) mass is 365 g/mol. The van der Waals surface area contributed by atoms with Crippen molar-refractivity contribution in [3.63, 3.8) is 0 Å². The number of hydrogen-bond acceptors (Lipinski definition) is 1. The Balaban J connectivity index is 1.70. The van der Waals surface area contributed by atoms with Crippen LogP contribution in [0.4, 0.5) is 10.1 Å². The van der Waals surface area contributed by atoms with E-state index in [0.717, 1.165) is 30.0 Å². The maximum absolute atomic E-state index is 14.6. The number of thiocarbonyl (C=S) groups is 1. The second-order valence-corrected chi connectivity index (χ2v) is 6.93.